The van der Waals surface area contributed by atoms with Crippen LogP contribution in [0.5, 0.6) is 0 Å². The van der Waals surface area contributed by atoms with Crippen LogP contribution in [0.3, 0.4) is 0 Å². The number of aromatic nitrogens is 2. The Balaban J connectivity index is 1.49. The van der Waals surface area contributed by atoms with Gasteiger partial charge in [0, 0.05) is 35.6 Å². The number of benzene rings is 2. The summed E-state index contributed by atoms with van der Waals surface area (Å²) in [5.74, 6) is -0.297. The molecule has 1 spiro atoms. The third-order valence-electron chi connectivity index (χ3n) is 5.84. The van der Waals surface area contributed by atoms with E-state index in [1.807, 2.05) is 43.6 Å². The molecule has 1 saturated heterocycles. The highest BCUT2D eigenvalue weighted by Gasteiger charge is 2.52. The molecular formula is C22H21FN4O. The van der Waals surface area contributed by atoms with Gasteiger partial charge in [-0.05, 0) is 37.1 Å². The van der Waals surface area contributed by atoms with Gasteiger partial charge in [0.15, 0.2) is 0 Å². The number of nitrogens with one attached hydrogen (secondary N) is 1. The summed E-state index contributed by atoms with van der Waals surface area (Å²) in [6.07, 6.45) is 5.30. The SMILES string of the molecule is Cn1cc(-c2ccc(CN3C(=O)C4(CCCN4)c4ccccc43)c(F)c2)cn1. The molecule has 1 amide bonds. The van der Waals surface area contributed by atoms with Crippen molar-refractivity contribution >= 4 is 11.6 Å². The number of hydrogen-bond donors (Lipinski definition) is 1. The second-order valence-electron chi connectivity index (χ2n) is 7.55. The lowest BCUT2D eigenvalue weighted by Crippen LogP contribution is -2.46. The molecule has 1 fully saturated rings. The van der Waals surface area contributed by atoms with Crippen LogP contribution in [0.15, 0.2) is 54.9 Å². The van der Waals surface area contributed by atoms with Crippen molar-refractivity contribution in [2.24, 2.45) is 7.05 Å². The van der Waals surface area contributed by atoms with E-state index >= 15 is 0 Å². The fourth-order valence-electron chi connectivity index (χ4n) is 4.43. The fourth-order valence-corrected chi connectivity index (χ4v) is 4.43. The van der Waals surface area contributed by atoms with Gasteiger partial charge in [-0.3, -0.25) is 14.8 Å². The molecule has 1 atom stereocenters. The number of hydrogen-bond acceptors (Lipinski definition) is 3. The highest BCUT2D eigenvalue weighted by atomic mass is 19.1. The maximum atomic E-state index is 14.9. The van der Waals surface area contributed by atoms with E-state index in [2.05, 4.69) is 10.4 Å². The number of amides is 1. The second-order valence-corrected chi connectivity index (χ2v) is 7.55. The van der Waals surface area contributed by atoms with Gasteiger partial charge in [-0.15, -0.1) is 0 Å². The first kappa shape index (κ1) is 17.1. The van der Waals surface area contributed by atoms with Crippen LogP contribution in [0, 0.1) is 5.82 Å². The normalized spacial score (nSPS) is 20.9. The van der Waals surface area contributed by atoms with E-state index in [9.17, 15) is 9.18 Å². The first-order chi connectivity index (χ1) is 13.6. The van der Waals surface area contributed by atoms with Gasteiger partial charge in [0.05, 0.1) is 12.7 Å². The van der Waals surface area contributed by atoms with Gasteiger partial charge in [-0.1, -0.05) is 30.3 Å². The number of anilines is 1. The number of aryl methyl sites for hydroxylation is 1. The first-order valence-electron chi connectivity index (χ1n) is 9.52. The molecule has 1 unspecified atom stereocenters. The van der Waals surface area contributed by atoms with Crippen LogP contribution in [0.2, 0.25) is 0 Å². The molecule has 0 bridgehead atoms. The lowest BCUT2D eigenvalue weighted by molar-refractivity contribution is -0.123. The molecule has 2 aliphatic heterocycles. The highest BCUT2D eigenvalue weighted by Crippen LogP contribution is 2.45. The van der Waals surface area contributed by atoms with E-state index in [4.69, 9.17) is 0 Å². The Labute approximate surface area is 162 Å². The molecule has 3 aromatic rings. The third-order valence-corrected chi connectivity index (χ3v) is 5.84. The molecule has 28 heavy (non-hydrogen) atoms. The minimum Gasteiger partial charge on any atom is -0.306 e. The molecule has 3 heterocycles. The van der Waals surface area contributed by atoms with E-state index in [-0.39, 0.29) is 18.3 Å². The molecule has 2 aromatic carbocycles. The average Bonchev–Trinajstić information content (AvgIpc) is 3.41. The van der Waals surface area contributed by atoms with Crippen LogP contribution >= 0.6 is 0 Å². The molecule has 6 heteroatoms. The zero-order valence-electron chi connectivity index (χ0n) is 15.7. The number of para-hydroxylation sites is 1. The van der Waals surface area contributed by atoms with Gasteiger partial charge in [-0.25, -0.2) is 4.39 Å². The maximum absolute atomic E-state index is 14.9. The molecule has 5 rings (SSSR count). The predicted octanol–water partition coefficient (Wildman–Crippen LogP) is 3.35. The second kappa shape index (κ2) is 6.27. The lowest BCUT2D eigenvalue weighted by Gasteiger charge is -2.24. The Kier molecular flexibility index (Phi) is 3.84. The quantitative estimate of drug-likeness (QED) is 0.763. The topological polar surface area (TPSA) is 50.2 Å². The lowest BCUT2D eigenvalue weighted by atomic mass is 9.90. The summed E-state index contributed by atoms with van der Waals surface area (Å²) >= 11 is 0. The molecule has 142 valence electrons. The summed E-state index contributed by atoms with van der Waals surface area (Å²) < 4.78 is 16.6. The Bertz CT molecular complexity index is 1070. The Morgan fingerprint density at radius 2 is 2.07 bits per heavy atom. The van der Waals surface area contributed by atoms with Crippen molar-refractivity contribution < 1.29 is 9.18 Å². The number of halogens is 1. The van der Waals surface area contributed by atoms with Crippen molar-refractivity contribution in [3.8, 4) is 11.1 Å². The molecular weight excluding hydrogens is 355 g/mol. The molecule has 1 N–H and O–H groups in total. The summed E-state index contributed by atoms with van der Waals surface area (Å²) in [6, 6.07) is 13.0. The van der Waals surface area contributed by atoms with Crippen LogP contribution in [0.1, 0.15) is 24.0 Å². The Morgan fingerprint density at radius 3 is 2.79 bits per heavy atom. The molecule has 0 aliphatic carbocycles. The smallest absolute Gasteiger partial charge is 0.252 e. The number of carbonyl (C=O) groups is 1. The van der Waals surface area contributed by atoms with E-state index < -0.39 is 5.54 Å². The number of fused-ring (bicyclic) bond motifs is 2. The van der Waals surface area contributed by atoms with Crippen molar-refractivity contribution in [2.75, 3.05) is 11.4 Å². The average molecular weight is 376 g/mol. The van der Waals surface area contributed by atoms with E-state index in [0.717, 1.165) is 41.8 Å². The summed E-state index contributed by atoms with van der Waals surface area (Å²) in [4.78, 5) is 15.0. The van der Waals surface area contributed by atoms with Gasteiger partial charge < -0.3 is 4.90 Å². The van der Waals surface area contributed by atoms with Crippen molar-refractivity contribution in [1.29, 1.82) is 0 Å². The van der Waals surface area contributed by atoms with E-state index in [0.29, 0.717) is 5.56 Å². The van der Waals surface area contributed by atoms with Crippen LogP contribution in [0.25, 0.3) is 11.1 Å². The molecule has 0 saturated carbocycles. The Morgan fingerprint density at radius 1 is 1.21 bits per heavy atom. The van der Waals surface area contributed by atoms with Gasteiger partial charge in [0.1, 0.15) is 11.4 Å². The minimum absolute atomic E-state index is 0.0157. The summed E-state index contributed by atoms with van der Waals surface area (Å²) in [5.41, 5.74) is 3.37. The highest BCUT2D eigenvalue weighted by molar-refractivity contribution is 6.08. The van der Waals surface area contributed by atoms with Gasteiger partial charge in [0.2, 0.25) is 0 Å². The maximum Gasteiger partial charge on any atom is 0.252 e. The van der Waals surface area contributed by atoms with Crippen LogP contribution in [-0.4, -0.2) is 22.2 Å². The van der Waals surface area contributed by atoms with Gasteiger partial charge >= 0.3 is 0 Å². The van der Waals surface area contributed by atoms with Crippen molar-refractivity contribution in [3.63, 3.8) is 0 Å². The van der Waals surface area contributed by atoms with E-state index in [1.165, 1.54) is 6.07 Å². The zero-order chi connectivity index (χ0) is 19.3. The first-order valence-corrected chi connectivity index (χ1v) is 9.52. The van der Waals surface area contributed by atoms with Crippen LogP contribution < -0.4 is 10.2 Å². The Hall–Kier alpha value is -2.99. The summed E-state index contributed by atoms with van der Waals surface area (Å²) in [7, 11) is 1.83. The molecule has 0 radical (unpaired) electrons. The third kappa shape index (κ3) is 2.48. The number of rotatable bonds is 3. The number of nitrogens with zero attached hydrogens (tertiary/aromatic N) is 3. The summed E-state index contributed by atoms with van der Waals surface area (Å²) in [5, 5.41) is 7.55. The zero-order valence-corrected chi connectivity index (χ0v) is 15.7. The minimum atomic E-state index is -0.650. The largest absolute Gasteiger partial charge is 0.306 e. The van der Waals surface area contributed by atoms with Gasteiger partial charge in [-0.2, -0.15) is 5.10 Å². The standard InChI is InChI=1S/C22H21FN4O/c1-26-13-17(12-25-26)15-7-8-16(19(23)11-15)14-27-20-6-3-2-5-18(20)22(21(27)28)9-4-10-24-22/h2-3,5-8,11-13,24H,4,9-10,14H2,1H3. The van der Waals surface area contributed by atoms with Crippen LogP contribution in [0.4, 0.5) is 10.1 Å². The molecule has 5 nitrogen and oxygen atoms in total. The molecule has 1 aromatic heterocycles. The predicted molar refractivity (Wildman–Crippen MR) is 105 cm³/mol. The fraction of sp³-hybridized carbons (Fsp3) is 0.273. The van der Waals surface area contributed by atoms with Crippen LogP contribution in [-0.2, 0) is 23.9 Å². The van der Waals surface area contributed by atoms with E-state index in [1.54, 1.807) is 21.8 Å². The summed E-state index contributed by atoms with van der Waals surface area (Å²) in [6.45, 7) is 1.04. The van der Waals surface area contributed by atoms with Gasteiger partial charge in [0.25, 0.3) is 5.91 Å². The van der Waals surface area contributed by atoms with Crippen molar-refractivity contribution in [3.05, 3.63) is 71.8 Å². The van der Waals surface area contributed by atoms with Crippen molar-refractivity contribution in [1.82, 2.24) is 15.1 Å². The van der Waals surface area contributed by atoms with Crippen molar-refractivity contribution in [2.45, 2.75) is 24.9 Å². The monoisotopic (exact) mass is 376 g/mol. The molecule has 2 aliphatic rings. The number of carbonyl (C=O) groups excluding carboxylic acids is 1.